The van der Waals surface area contributed by atoms with Gasteiger partial charge in [0.15, 0.2) is 6.61 Å². The number of benzene rings is 1. The predicted octanol–water partition coefficient (Wildman–Crippen LogP) is 6.14. The average Bonchev–Trinajstić information content (AvgIpc) is 2.81. The summed E-state index contributed by atoms with van der Waals surface area (Å²) in [5.74, 6) is 0.218. The van der Waals surface area contributed by atoms with E-state index in [4.69, 9.17) is 24.1 Å². The molecular weight excluding hydrogens is 486 g/mol. The lowest BCUT2D eigenvalue weighted by Gasteiger charge is -2.55. The van der Waals surface area contributed by atoms with E-state index in [2.05, 4.69) is 26.8 Å². The molecule has 3 aliphatic heterocycles. The van der Waals surface area contributed by atoms with Gasteiger partial charge in [-0.2, -0.15) is 0 Å². The van der Waals surface area contributed by atoms with Crippen LogP contribution in [0.15, 0.2) is 29.8 Å². The highest BCUT2D eigenvalue weighted by molar-refractivity contribution is 5.69. The second-order valence-corrected chi connectivity index (χ2v) is 12.7. The van der Waals surface area contributed by atoms with Crippen molar-refractivity contribution in [1.29, 1.82) is 0 Å². The number of allylic oxidation sites excluding steroid dienone is 2. The van der Waals surface area contributed by atoms with Crippen LogP contribution in [0.2, 0.25) is 0 Å². The largest absolute Gasteiger partial charge is 0.487 e. The molecule has 1 aromatic rings. The van der Waals surface area contributed by atoms with Gasteiger partial charge in [-0.05, 0) is 85.8 Å². The zero-order chi connectivity index (χ0) is 27.7. The van der Waals surface area contributed by atoms with Gasteiger partial charge in [-0.25, -0.2) is 9.59 Å². The fourth-order valence-corrected chi connectivity index (χ4v) is 6.12. The Morgan fingerprint density at radius 3 is 2.71 bits per heavy atom. The quantitative estimate of drug-likeness (QED) is 0.442. The third kappa shape index (κ3) is 6.45. The van der Waals surface area contributed by atoms with Crippen LogP contribution < -0.4 is 9.47 Å². The van der Waals surface area contributed by atoms with E-state index in [1.807, 2.05) is 31.7 Å². The summed E-state index contributed by atoms with van der Waals surface area (Å²) in [6.45, 7) is 13.5. The molecule has 0 saturated carbocycles. The maximum absolute atomic E-state index is 12.9. The Bertz CT molecular complexity index is 1070. The van der Waals surface area contributed by atoms with Crippen molar-refractivity contribution in [1.82, 2.24) is 4.90 Å². The van der Waals surface area contributed by atoms with Crippen LogP contribution in [0.5, 0.6) is 11.5 Å². The van der Waals surface area contributed by atoms with Gasteiger partial charge >= 0.3 is 12.1 Å². The Balaban J connectivity index is 1.61. The van der Waals surface area contributed by atoms with Crippen LogP contribution in [0.25, 0.3) is 0 Å². The second-order valence-electron chi connectivity index (χ2n) is 12.7. The van der Waals surface area contributed by atoms with Gasteiger partial charge in [0.1, 0.15) is 22.7 Å². The molecule has 8 heteroatoms. The summed E-state index contributed by atoms with van der Waals surface area (Å²) in [5.41, 5.74) is 1.04. The summed E-state index contributed by atoms with van der Waals surface area (Å²) in [6.07, 6.45) is 6.31. The van der Waals surface area contributed by atoms with Crippen LogP contribution in [0.4, 0.5) is 4.79 Å². The van der Waals surface area contributed by atoms with Gasteiger partial charge in [0.05, 0.1) is 12.7 Å². The van der Waals surface area contributed by atoms with Gasteiger partial charge in [-0.1, -0.05) is 11.6 Å². The summed E-state index contributed by atoms with van der Waals surface area (Å²) in [6, 6.07) is 5.50. The van der Waals surface area contributed by atoms with E-state index >= 15 is 0 Å². The zero-order valence-electron chi connectivity index (χ0n) is 23.7. The summed E-state index contributed by atoms with van der Waals surface area (Å²) < 4.78 is 24.6. The fraction of sp³-hybridized carbons (Fsp3) is 0.667. The molecule has 0 aliphatic carbocycles. The van der Waals surface area contributed by atoms with Crippen molar-refractivity contribution in [2.24, 2.45) is 11.3 Å². The topological polar surface area (TPSA) is 94.5 Å². The number of carboxylic acid groups (broad SMARTS) is 1. The summed E-state index contributed by atoms with van der Waals surface area (Å²) in [4.78, 5) is 25.8. The number of likely N-dealkylation sites (tertiary alicyclic amines) is 1. The Labute approximate surface area is 226 Å². The molecule has 4 atom stereocenters. The third-order valence-corrected chi connectivity index (χ3v) is 7.88. The lowest BCUT2D eigenvalue weighted by molar-refractivity contribution is -0.180. The number of fused-ring (bicyclic) bond motifs is 3. The highest BCUT2D eigenvalue weighted by Gasteiger charge is 2.55. The maximum atomic E-state index is 12.9. The SMILES string of the molecule is CC(C)=CCC[C@@]1(C)Oc2cc(OCC(=O)O)ccc2[C@H]2OC[C@@]3(CCCN(C(=O)OC(C)(C)C)C3)C[C@@H]21. The smallest absolute Gasteiger partial charge is 0.410 e. The van der Waals surface area contributed by atoms with Crippen LogP contribution in [-0.2, 0) is 14.3 Å². The number of carboxylic acids is 1. The van der Waals surface area contributed by atoms with Crippen molar-refractivity contribution in [2.45, 2.75) is 91.0 Å². The van der Waals surface area contributed by atoms with Crippen LogP contribution in [0, 0.1) is 11.3 Å². The fourth-order valence-electron chi connectivity index (χ4n) is 6.12. The molecule has 0 bridgehead atoms. The number of piperidine rings is 1. The first kappa shape index (κ1) is 28.3. The minimum absolute atomic E-state index is 0.0960. The van der Waals surface area contributed by atoms with Gasteiger partial charge in [0.2, 0.25) is 0 Å². The van der Waals surface area contributed by atoms with Gasteiger partial charge in [-0.3, -0.25) is 0 Å². The number of carbonyl (C=O) groups excluding carboxylic acids is 1. The highest BCUT2D eigenvalue weighted by Crippen LogP contribution is 2.56. The molecule has 3 aliphatic rings. The summed E-state index contributed by atoms with van der Waals surface area (Å²) in [7, 11) is 0. The first-order valence-electron chi connectivity index (χ1n) is 13.7. The standard InChI is InChI=1S/C30H43NO7/c1-20(2)9-7-12-29(6)23-16-30(13-8-14-31(18-30)27(34)38-28(3,4)5)19-36-26(23)22-11-10-21(15-24(22)37-29)35-17-25(32)33/h9-11,15,23,26H,7-8,12-14,16-19H2,1-6H3,(H,32,33)/t23-,26+,29+,30-/m0/s1. The molecule has 2 saturated heterocycles. The van der Waals surface area contributed by atoms with Crippen molar-refractivity contribution < 1.29 is 33.6 Å². The lowest BCUT2D eigenvalue weighted by atomic mass is 9.64. The van der Waals surface area contributed by atoms with Crippen molar-refractivity contribution >= 4 is 12.1 Å². The molecule has 1 spiro atoms. The molecular formula is C30H43NO7. The molecule has 1 N–H and O–H groups in total. The van der Waals surface area contributed by atoms with Crippen LogP contribution in [0.3, 0.4) is 0 Å². The Morgan fingerprint density at radius 1 is 1.26 bits per heavy atom. The monoisotopic (exact) mass is 529 g/mol. The number of aliphatic carboxylic acids is 1. The minimum atomic E-state index is -1.02. The number of hydrogen-bond donors (Lipinski definition) is 1. The number of carbonyl (C=O) groups is 2. The zero-order valence-corrected chi connectivity index (χ0v) is 23.7. The van der Waals surface area contributed by atoms with E-state index in [0.29, 0.717) is 31.2 Å². The van der Waals surface area contributed by atoms with Gasteiger partial charge in [0.25, 0.3) is 0 Å². The van der Waals surface area contributed by atoms with E-state index in [9.17, 15) is 9.59 Å². The Morgan fingerprint density at radius 2 is 2.03 bits per heavy atom. The Kier molecular flexibility index (Phi) is 8.03. The number of rotatable bonds is 6. The molecule has 8 nitrogen and oxygen atoms in total. The average molecular weight is 530 g/mol. The molecule has 38 heavy (non-hydrogen) atoms. The van der Waals surface area contributed by atoms with Crippen molar-refractivity contribution in [2.75, 3.05) is 26.3 Å². The molecule has 1 aromatic carbocycles. The number of hydrogen-bond acceptors (Lipinski definition) is 6. The van der Waals surface area contributed by atoms with Crippen molar-refractivity contribution in [3.63, 3.8) is 0 Å². The number of ether oxygens (including phenoxy) is 4. The maximum Gasteiger partial charge on any atom is 0.410 e. The number of amides is 1. The third-order valence-electron chi connectivity index (χ3n) is 7.88. The Hall–Kier alpha value is -2.74. The molecule has 210 valence electrons. The van der Waals surface area contributed by atoms with E-state index in [0.717, 1.165) is 37.7 Å². The molecule has 0 unspecified atom stereocenters. The van der Waals surface area contributed by atoms with Crippen molar-refractivity contribution in [3.05, 3.63) is 35.4 Å². The van der Waals surface area contributed by atoms with Crippen LogP contribution in [0.1, 0.15) is 85.3 Å². The summed E-state index contributed by atoms with van der Waals surface area (Å²) in [5, 5.41) is 9.01. The van der Waals surface area contributed by atoms with Crippen LogP contribution in [-0.4, -0.2) is 59.6 Å². The summed E-state index contributed by atoms with van der Waals surface area (Å²) >= 11 is 0. The molecule has 0 radical (unpaired) electrons. The number of nitrogens with zero attached hydrogens (tertiary/aromatic N) is 1. The van der Waals surface area contributed by atoms with E-state index in [1.165, 1.54) is 5.57 Å². The lowest BCUT2D eigenvalue weighted by Crippen LogP contribution is -2.57. The van der Waals surface area contributed by atoms with Gasteiger partial charge in [-0.15, -0.1) is 0 Å². The minimum Gasteiger partial charge on any atom is -0.487 e. The van der Waals surface area contributed by atoms with Gasteiger partial charge < -0.3 is 29.0 Å². The van der Waals surface area contributed by atoms with Gasteiger partial charge in [0, 0.05) is 36.1 Å². The van der Waals surface area contributed by atoms with Crippen molar-refractivity contribution in [3.8, 4) is 11.5 Å². The van der Waals surface area contributed by atoms with E-state index in [1.54, 1.807) is 12.1 Å². The highest BCUT2D eigenvalue weighted by atomic mass is 16.6. The molecule has 1 amide bonds. The molecule has 4 rings (SSSR count). The first-order chi connectivity index (χ1) is 17.8. The molecule has 2 fully saturated rings. The van der Waals surface area contributed by atoms with E-state index < -0.39 is 23.8 Å². The molecule has 0 aromatic heterocycles. The second kappa shape index (κ2) is 10.8. The normalized spacial score (nSPS) is 28.5. The predicted molar refractivity (Wildman–Crippen MR) is 144 cm³/mol. The molecule has 3 heterocycles. The van der Waals surface area contributed by atoms with E-state index in [-0.39, 0.29) is 23.5 Å². The first-order valence-corrected chi connectivity index (χ1v) is 13.7. The van der Waals surface area contributed by atoms with Crippen LogP contribution >= 0.6 is 0 Å².